The van der Waals surface area contributed by atoms with Crippen LogP contribution in [0.3, 0.4) is 0 Å². The maximum atomic E-state index is 10.5. The molecule has 0 saturated carbocycles. The van der Waals surface area contributed by atoms with Gasteiger partial charge in [0.15, 0.2) is 0 Å². The van der Waals surface area contributed by atoms with Gasteiger partial charge in [0.25, 0.3) is 0 Å². The highest BCUT2D eigenvalue weighted by molar-refractivity contribution is 8.08. The Morgan fingerprint density at radius 1 is 1.55 bits per heavy atom. The molecule has 66 valence electrons. The summed E-state index contributed by atoms with van der Waals surface area (Å²) in [6.45, 7) is 0.861. The van der Waals surface area contributed by atoms with Crippen LogP contribution in [0.25, 0.3) is 0 Å². The Bertz CT molecular complexity index is 134. The van der Waals surface area contributed by atoms with Crippen molar-refractivity contribution in [3.05, 3.63) is 0 Å². The minimum atomic E-state index is -1.18. The Labute approximate surface area is 74.2 Å². The lowest BCUT2D eigenvalue weighted by atomic mass is 10.1. The topological polar surface area (TPSA) is 26.3 Å². The van der Waals surface area contributed by atoms with Crippen molar-refractivity contribution in [2.75, 3.05) is 12.4 Å². The third-order valence-electron chi connectivity index (χ3n) is 1.87. The molecule has 0 amide bonds. The minimum absolute atomic E-state index is 0.312. The summed E-state index contributed by atoms with van der Waals surface area (Å²) >= 11 is 0. The molecule has 1 aliphatic rings. The zero-order valence-corrected chi connectivity index (χ0v) is 8.00. The van der Waals surface area contributed by atoms with Crippen molar-refractivity contribution in [1.29, 1.82) is 0 Å². The summed E-state index contributed by atoms with van der Waals surface area (Å²) in [5, 5.41) is 0. The van der Waals surface area contributed by atoms with Crippen LogP contribution in [0.15, 0.2) is 0 Å². The highest BCUT2D eigenvalue weighted by Gasteiger charge is 2.13. The molecule has 2 atom stereocenters. The molecule has 1 saturated heterocycles. The van der Waals surface area contributed by atoms with Crippen molar-refractivity contribution in [3.8, 4) is 0 Å². The Morgan fingerprint density at radius 3 is 2.91 bits per heavy atom. The molecule has 1 rings (SSSR count). The van der Waals surface area contributed by atoms with E-state index in [4.69, 9.17) is 15.4 Å². The molecule has 2 unspecified atom stereocenters. The maximum absolute atomic E-state index is 10.5. The molecule has 0 radical (unpaired) electrons. The molecule has 0 bridgehead atoms. The van der Waals surface area contributed by atoms with Crippen LogP contribution in [0.4, 0.5) is 0 Å². The van der Waals surface area contributed by atoms with E-state index in [1.165, 1.54) is 12.8 Å². The van der Waals surface area contributed by atoms with E-state index >= 15 is 0 Å². The molecule has 0 aromatic carbocycles. The second-order valence-corrected chi connectivity index (χ2v) is 4.79. The molecule has 4 heteroatoms. The van der Waals surface area contributed by atoms with E-state index < -0.39 is 10.0 Å². The first kappa shape index (κ1) is 9.49. The monoisotopic (exact) mass is 196 g/mol. The fourth-order valence-electron chi connectivity index (χ4n) is 1.26. The number of hydrogen-bond acceptors (Lipinski definition) is 2. The van der Waals surface area contributed by atoms with E-state index in [-0.39, 0.29) is 0 Å². The van der Waals surface area contributed by atoms with E-state index in [2.05, 4.69) is 0 Å². The Kier molecular flexibility index (Phi) is 4.41. The van der Waals surface area contributed by atoms with Crippen LogP contribution in [0.5, 0.6) is 0 Å². The normalized spacial score (nSPS) is 28.3. The first-order valence-electron chi connectivity index (χ1n) is 3.95. The molecule has 0 aromatic heterocycles. The molecule has 2 nitrogen and oxygen atoms in total. The van der Waals surface area contributed by atoms with Crippen molar-refractivity contribution in [1.82, 2.24) is 0 Å². The summed E-state index contributed by atoms with van der Waals surface area (Å²) in [7, 11) is 4.14. The summed E-state index contributed by atoms with van der Waals surface area (Å²) in [4.78, 5) is 0. The molecular formula is C7H13ClO2S. The maximum Gasteiger partial charge on any atom is 0.115 e. The number of rotatable bonds is 3. The van der Waals surface area contributed by atoms with Gasteiger partial charge in [-0.3, -0.25) is 0 Å². The van der Waals surface area contributed by atoms with Gasteiger partial charge in [0.05, 0.1) is 6.10 Å². The fraction of sp³-hybridized carbons (Fsp3) is 1.00. The van der Waals surface area contributed by atoms with Gasteiger partial charge in [-0.15, -0.1) is 0 Å². The van der Waals surface area contributed by atoms with Crippen molar-refractivity contribution in [3.63, 3.8) is 0 Å². The molecule has 0 aromatic rings. The fourth-order valence-corrected chi connectivity index (χ4v) is 1.97. The van der Waals surface area contributed by atoms with Gasteiger partial charge in [0.2, 0.25) is 0 Å². The van der Waals surface area contributed by atoms with Gasteiger partial charge in [0, 0.05) is 12.4 Å². The second kappa shape index (κ2) is 5.12. The van der Waals surface area contributed by atoms with E-state index in [0.29, 0.717) is 11.9 Å². The van der Waals surface area contributed by atoms with Crippen molar-refractivity contribution in [2.45, 2.75) is 31.8 Å². The molecule has 1 fully saturated rings. The lowest BCUT2D eigenvalue weighted by molar-refractivity contribution is 0.0149. The average Bonchev–Trinajstić information content (AvgIpc) is 2.03. The summed E-state index contributed by atoms with van der Waals surface area (Å²) in [5.74, 6) is 0.562. The smallest absolute Gasteiger partial charge is 0.115 e. The van der Waals surface area contributed by atoms with Gasteiger partial charge >= 0.3 is 0 Å². The zero-order chi connectivity index (χ0) is 8.10. The van der Waals surface area contributed by atoms with Crippen LogP contribution in [0.2, 0.25) is 0 Å². The predicted octanol–water partition coefficient (Wildman–Crippen LogP) is 1.85. The van der Waals surface area contributed by atoms with Gasteiger partial charge in [0.1, 0.15) is 10.0 Å². The number of halogens is 1. The van der Waals surface area contributed by atoms with Gasteiger partial charge in [-0.05, 0) is 36.4 Å². The second-order valence-electron chi connectivity index (χ2n) is 2.77. The van der Waals surface area contributed by atoms with E-state index in [9.17, 15) is 4.21 Å². The van der Waals surface area contributed by atoms with Gasteiger partial charge in [-0.1, -0.05) is 0 Å². The van der Waals surface area contributed by atoms with Crippen molar-refractivity contribution < 1.29 is 8.95 Å². The Hall–Kier alpha value is 0.400. The van der Waals surface area contributed by atoms with Crippen LogP contribution in [0.1, 0.15) is 25.7 Å². The molecule has 0 spiro atoms. The zero-order valence-electron chi connectivity index (χ0n) is 6.42. The third-order valence-corrected chi connectivity index (χ3v) is 2.89. The highest BCUT2D eigenvalue weighted by Crippen LogP contribution is 2.15. The summed E-state index contributed by atoms with van der Waals surface area (Å²) in [6.07, 6.45) is 4.66. The molecule has 0 aliphatic carbocycles. The summed E-state index contributed by atoms with van der Waals surface area (Å²) < 4.78 is 15.9. The van der Waals surface area contributed by atoms with Crippen LogP contribution in [-0.4, -0.2) is 22.7 Å². The van der Waals surface area contributed by atoms with Gasteiger partial charge < -0.3 is 4.74 Å². The molecule has 1 heterocycles. The lowest BCUT2D eigenvalue weighted by Gasteiger charge is -2.21. The third kappa shape index (κ3) is 4.09. The molecule has 1 aliphatic heterocycles. The molecule has 0 N–H and O–H groups in total. The van der Waals surface area contributed by atoms with E-state index in [1.54, 1.807) is 0 Å². The first-order valence-corrected chi connectivity index (χ1v) is 6.10. The lowest BCUT2D eigenvalue weighted by Crippen LogP contribution is -2.20. The Morgan fingerprint density at radius 2 is 2.36 bits per heavy atom. The summed E-state index contributed by atoms with van der Waals surface area (Å²) in [5.41, 5.74) is 0. The minimum Gasteiger partial charge on any atom is -0.378 e. The number of hydrogen-bond donors (Lipinski definition) is 0. The van der Waals surface area contributed by atoms with E-state index in [1.807, 2.05) is 0 Å². The van der Waals surface area contributed by atoms with E-state index in [0.717, 1.165) is 19.4 Å². The SMILES string of the molecule is O=S(Cl)CCC1CCCCO1. The standard InChI is InChI=1S/C7H13ClO2S/c8-11(9)6-4-7-3-1-2-5-10-7/h7H,1-6H2. The van der Waals surface area contributed by atoms with Crippen LogP contribution in [-0.2, 0) is 14.7 Å². The van der Waals surface area contributed by atoms with Crippen LogP contribution < -0.4 is 0 Å². The van der Waals surface area contributed by atoms with Crippen LogP contribution in [0, 0.1) is 0 Å². The first-order chi connectivity index (χ1) is 5.29. The highest BCUT2D eigenvalue weighted by atomic mass is 35.7. The predicted molar refractivity (Wildman–Crippen MR) is 47.1 cm³/mol. The van der Waals surface area contributed by atoms with Gasteiger partial charge in [-0.25, -0.2) is 4.21 Å². The van der Waals surface area contributed by atoms with Crippen molar-refractivity contribution >= 4 is 20.7 Å². The average molecular weight is 197 g/mol. The van der Waals surface area contributed by atoms with Gasteiger partial charge in [-0.2, -0.15) is 0 Å². The molecule has 11 heavy (non-hydrogen) atoms. The number of ether oxygens (including phenoxy) is 1. The largest absolute Gasteiger partial charge is 0.378 e. The van der Waals surface area contributed by atoms with Crippen molar-refractivity contribution in [2.24, 2.45) is 0 Å². The summed E-state index contributed by atoms with van der Waals surface area (Å²) in [6, 6.07) is 0. The van der Waals surface area contributed by atoms with Crippen LogP contribution >= 0.6 is 10.7 Å². The molecular weight excluding hydrogens is 184 g/mol. The quantitative estimate of drug-likeness (QED) is 0.644. The Balaban J connectivity index is 2.09.